The van der Waals surface area contributed by atoms with E-state index in [9.17, 15) is 4.79 Å². The molecule has 0 aliphatic rings. The SMILES string of the molecule is CC(C)CC(CN(C)C)NC(=O)c1nc(N)n[nH]1. The lowest BCUT2D eigenvalue weighted by Gasteiger charge is -2.23. The molecule has 1 aromatic heterocycles. The van der Waals surface area contributed by atoms with Crippen molar-refractivity contribution in [1.29, 1.82) is 0 Å². The summed E-state index contributed by atoms with van der Waals surface area (Å²) in [5.74, 6) is 0.468. The molecule has 0 aliphatic heterocycles. The van der Waals surface area contributed by atoms with Gasteiger partial charge in [0.1, 0.15) is 0 Å². The third-order valence-electron chi connectivity index (χ3n) is 2.39. The minimum Gasteiger partial charge on any atom is -0.366 e. The predicted octanol–water partition coefficient (Wildman–Crippen LogP) is 0.0930. The van der Waals surface area contributed by atoms with Crippen LogP contribution in [0.2, 0.25) is 0 Å². The molecule has 4 N–H and O–H groups in total. The molecule has 0 aromatic carbocycles. The zero-order valence-electron chi connectivity index (χ0n) is 11.4. The highest BCUT2D eigenvalue weighted by atomic mass is 16.2. The molecule has 1 amide bonds. The molecule has 1 aromatic rings. The van der Waals surface area contributed by atoms with Crippen molar-refractivity contribution in [3.63, 3.8) is 0 Å². The number of nitrogens with two attached hydrogens (primary N) is 1. The van der Waals surface area contributed by atoms with Crippen LogP contribution >= 0.6 is 0 Å². The van der Waals surface area contributed by atoms with Gasteiger partial charge in [-0.15, -0.1) is 5.10 Å². The quantitative estimate of drug-likeness (QED) is 0.668. The second-order valence-electron chi connectivity index (χ2n) is 5.10. The Labute approximate surface area is 107 Å². The second kappa shape index (κ2) is 6.34. The number of hydrogen-bond acceptors (Lipinski definition) is 5. The fourth-order valence-electron chi connectivity index (χ4n) is 1.82. The summed E-state index contributed by atoms with van der Waals surface area (Å²) in [6, 6.07) is 0.0822. The van der Waals surface area contributed by atoms with Crippen LogP contribution in [-0.2, 0) is 0 Å². The minimum absolute atomic E-state index is 0.0770. The summed E-state index contributed by atoms with van der Waals surface area (Å²) in [5.41, 5.74) is 5.37. The van der Waals surface area contributed by atoms with Gasteiger partial charge in [0.05, 0.1) is 0 Å². The molecule has 0 fully saturated rings. The Balaban J connectivity index is 2.61. The standard InChI is InChI=1S/C11H22N6O/c1-7(2)5-8(6-17(3)4)13-10(18)9-14-11(12)16-15-9/h7-8H,5-6H2,1-4H3,(H,13,18)(H3,12,14,15,16). The molecular formula is C11H22N6O. The number of hydrogen-bond donors (Lipinski definition) is 3. The van der Waals surface area contributed by atoms with E-state index in [1.165, 1.54) is 0 Å². The molecule has 1 heterocycles. The van der Waals surface area contributed by atoms with Gasteiger partial charge >= 0.3 is 0 Å². The smallest absolute Gasteiger partial charge is 0.288 e. The number of aromatic amines is 1. The van der Waals surface area contributed by atoms with Gasteiger partial charge in [0.15, 0.2) is 0 Å². The van der Waals surface area contributed by atoms with Gasteiger partial charge in [0, 0.05) is 12.6 Å². The van der Waals surface area contributed by atoms with E-state index < -0.39 is 0 Å². The third-order valence-corrected chi connectivity index (χ3v) is 2.39. The van der Waals surface area contributed by atoms with E-state index in [0.717, 1.165) is 13.0 Å². The van der Waals surface area contributed by atoms with E-state index in [1.807, 2.05) is 19.0 Å². The zero-order chi connectivity index (χ0) is 13.7. The fourth-order valence-corrected chi connectivity index (χ4v) is 1.82. The average Bonchev–Trinajstić information content (AvgIpc) is 2.62. The van der Waals surface area contributed by atoms with Crippen LogP contribution < -0.4 is 11.1 Å². The fraction of sp³-hybridized carbons (Fsp3) is 0.727. The van der Waals surface area contributed by atoms with Gasteiger partial charge in [-0.25, -0.2) is 0 Å². The summed E-state index contributed by atoms with van der Waals surface area (Å²) in [4.78, 5) is 17.8. The maximum absolute atomic E-state index is 11.9. The lowest BCUT2D eigenvalue weighted by molar-refractivity contribution is 0.0914. The molecule has 0 bridgehead atoms. The third kappa shape index (κ3) is 4.70. The van der Waals surface area contributed by atoms with E-state index >= 15 is 0 Å². The number of rotatable bonds is 6. The van der Waals surface area contributed by atoms with Crippen LogP contribution in [0.3, 0.4) is 0 Å². The summed E-state index contributed by atoms with van der Waals surface area (Å²) in [6.45, 7) is 5.04. The number of anilines is 1. The summed E-state index contributed by atoms with van der Waals surface area (Å²) in [5, 5.41) is 9.08. The number of nitrogens with one attached hydrogen (secondary N) is 2. The predicted molar refractivity (Wildman–Crippen MR) is 70.1 cm³/mol. The van der Waals surface area contributed by atoms with E-state index in [4.69, 9.17) is 5.73 Å². The van der Waals surface area contributed by atoms with Gasteiger partial charge in [-0.1, -0.05) is 13.8 Å². The highest BCUT2D eigenvalue weighted by Crippen LogP contribution is 2.06. The number of amides is 1. The normalized spacial score (nSPS) is 13.0. The maximum atomic E-state index is 11.9. The van der Waals surface area contributed by atoms with Gasteiger partial charge < -0.3 is 16.0 Å². The van der Waals surface area contributed by atoms with E-state index in [0.29, 0.717) is 5.92 Å². The lowest BCUT2D eigenvalue weighted by atomic mass is 10.0. The molecule has 18 heavy (non-hydrogen) atoms. The van der Waals surface area contributed by atoms with Crippen molar-refractivity contribution in [1.82, 2.24) is 25.4 Å². The molecule has 0 radical (unpaired) electrons. The van der Waals surface area contributed by atoms with Crippen molar-refractivity contribution >= 4 is 11.9 Å². The Bertz CT molecular complexity index is 377. The number of nitrogen functional groups attached to an aromatic ring is 1. The van der Waals surface area contributed by atoms with E-state index in [1.54, 1.807) is 0 Å². The number of carbonyl (C=O) groups excluding carboxylic acids is 1. The van der Waals surface area contributed by atoms with Crippen LogP contribution in [0.25, 0.3) is 0 Å². The molecule has 0 saturated carbocycles. The van der Waals surface area contributed by atoms with Crippen molar-refractivity contribution in [2.45, 2.75) is 26.3 Å². The van der Waals surface area contributed by atoms with Crippen LogP contribution in [-0.4, -0.2) is 52.7 Å². The first kappa shape index (κ1) is 14.4. The summed E-state index contributed by atoms with van der Waals surface area (Å²) < 4.78 is 0. The Morgan fingerprint density at radius 3 is 2.61 bits per heavy atom. The van der Waals surface area contributed by atoms with Crippen molar-refractivity contribution in [2.24, 2.45) is 5.92 Å². The Hall–Kier alpha value is -1.63. The molecule has 1 rings (SSSR count). The van der Waals surface area contributed by atoms with Crippen molar-refractivity contribution < 1.29 is 4.79 Å². The molecule has 1 atom stereocenters. The second-order valence-corrected chi connectivity index (χ2v) is 5.10. The van der Waals surface area contributed by atoms with Gasteiger partial charge in [-0.3, -0.25) is 9.89 Å². The molecule has 1 unspecified atom stereocenters. The molecule has 7 heteroatoms. The number of H-pyrrole nitrogens is 1. The molecule has 0 saturated heterocycles. The van der Waals surface area contributed by atoms with E-state index in [2.05, 4.69) is 34.3 Å². The van der Waals surface area contributed by atoms with Gasteiger partial charge in [0.25, 0.3) is 5.91 Å². The topological polar surface area (TPSA) is 99.9 Å². The van der Waals surface area contributed by atoms with Crippen LogP contribution in [0.15, 0.2) is 0 Å². The number of nitrogens with zero attached hydrogens (tertiary/aromatic N) is 3. The monoisotopic (exact) mass is 254 g/mol. The van der Waals surface area contributed by atoms with Crippen molar-refractivity contribution in [3.05, 3.63) is 5.82 Å². The van der Waals surface area contributed by atoms with Gasteiger partial charge in [-0.05, 0) is 26.4 Å². The van der Waals surface area contributed by atoms with Crippen LogP contribution in [0.4, 0.5) is 5.95 Å². The lowest BCUT2D eigenvalue weighted by Crippen LogP contribution is -2.42. The van der Waals surface area contributed by atoms with Crippen LogP contribution in [0, 0.1) is 5.92 Å². The van der Waals surface area contributed by atoms with Crippen LogP contribution in [0.5, 0.6) is 0 Å². The van der Waals surface area contributed by atoms with Crippen molar-refractivity contribution in [2.75, 3.05) is 26.4 Å². The highest BCUT2D eigenvalue weighted by Gasteiger charge is 2.18. The Morgan fingerprint density at radius 2 is 2.17 bits per heavy atom. The summed E-state index contributed by atoms with van der Waals surface area (Å²) >= 11 is 0. The first-order chi connectivity index (χ1) is 8.38. The molecule has 0 aliphatic carbocycles. The minimum atomic E-state index is -0.272. The zero-order valence-corrected chi connectivity index (χ0v) is 11.4. The van der Waals surface area contributed by atoms with Crippen LogP contribution in [0.1, 0.15) is 30.9 Å². The van der Waals surface area contributed by atoms with Gasteiger partial charge in [0.2, 0.25) is 11.8 Å². The largest absolute Gasteiger partial charge is 0.366 e. The average molecular weight is 254 g/mol. The molecule has 7 nitrogen and oxygen atoms in total. The molecular weight excluding hydrogens is 232 g/mol. The van der Waals surface area contributed by atoms with Crippen molar-refractivity contribution in [3.8, 4) is 0 Å². The number of carbonyl (C=O) groups is 1. The highest BCUT2D eigenvalue weighted by molar-refractivity contribution is 5.90. The van der Waals surface area contributed by atoms with E-state index in [-0.39, 0.29) is 23.7 Å². The summed E-state index contributed by atoms with van der Waals surface area (Å²) in [7, 11) is 3.96. The number of likely N-dealkylation sites (N-methyl/N-ethyl adjacent to an activating group) is 1. The first-order valence-corrected chi connectivity index (χ1v) is 6.02. The summed E-state index contributed by atoms with van der Waals surface area (Å²) in [6.07, 6.45) is 0.910. The van der Waals surface area contributed by atoms with Gasteiger partial charge in [-0.2, -0.15) is 4.98 Å². The number of aromatic nitrogens is 3. The molecule has 102 valence electrons. The Morgan fingerprint density at radius 1 is 1.50 bits per heavy atom. The Kier molecular flexibility index (Phi) is 5.08. The first-order valence-electron chi connectivity index (χ1n) is 6.02. The molecule has 0 spiro atoms. The maximum Gasteiger partial charge on any atom is 0.288 e.